The topological polar surface area (TPSA) is 122 Å². The largest absolute Gasteiger partial charge is 0.263 e. The highest BCUT2D eigenvalue weighted by molar-refractivity contribution is 8.06. The van der Waals surface area contributed by atoms with E-state index in [0.717, 1.165) is 6.26 Å². The Kier molecular flexibility index (Phi) is 4.60. The number of hydrogen-bond donors (Lipinski definition) is 2. The summed E-state index contributed by atoms with van der Waals surface area (Å²) in [7, 11) is -7.31. The summed E-state index contributed by atoms with van der Waals surface area (Å²) in [5, 5.41) is 5.40. The third-order valence-electron chi connectivity index (χ3n) is 1.75. The molecule has 0 amide bonds. The van der Waals surface area contributed by atoms with Crippen LogP contribution in [-0.4, -0.2) is 49.9 Å². The smallest absolute Gasteiger partial charge is 0.226 e. The monoisotopic (exact) mass is 282 g/mol. The maximum Gasteiger partial charge on any atom is 0.226 e. The zero-order valence-electron chi connectivity index (χ0n) is 9.25. The number of nitrogens with zero attached hydrogens (tertiary/aromatic N) is 2. The van der Waals surface area contributed by atoms with Crippen LogP contribution in [0.2, 0.25) is 0 Å². The Hall–Kier alpha value is -1.00. The van der Waals surface area contributed by atoms with Gasteiger partial charge in [0.15, 0.2) is 14.9 Å². The molecule has 0 aliphatic rings. The number of sulfone groups is 1. The predicted octanol–water partition coefficient (Wildman–Crippen LogP) is -1.34. The van der Waals surface area contributed by atoms with Crippen molar-refractivity contribution in [1.29, 1.82) is 0 Å². The van der Waals surface area contributed by atoms with Gasteiger partial charge < -0.3 is 0 Å². The van der Waals surface area contributed by atoms with Gasteiger partial charge in [-0.3, -0.25) is 5.10 Å². The average molecular weight is 282 g/mol. The highest BCUT2D eigenvalue weighted by atomic mass is 32.3. The fraction of sp³-hybridized carbons (Fsp3) is 0.714. The number of aromatic nitrogens is 3. The van der Waals surface area contributed by atoms with E-state index < -0.39 is 24.9 Å². The van der Waals surface area contributed by atoms with Gasteiger partial charge in [0.25, 0.3) is 0 Å². The van der Waals surface area contributed by atoms with Gasteiger partial charge in [0.2, 0.25) is 10.0 Å². The van der Waals surface area contributed by atoms with Gasteiger partial charge >= 0.3 is 0 Å². The second kappa shape index (κ2) is 5.56. The first kappa shape index (κ1) is 14.1. The third-order valence-corrected chi connectivity index (χ3v) is 5.34. The highest BCUT2D eigenvalue weighted by Gasteiger charge is 2.17. The van der Waals surface area contributed by atoms with Crippen LogP contribution in [0, 0.1) is 0 Å². The van der Waals surface area contributed by atoms with Gasteiger partial charge in [-0.2, -0.15) is 5.10 Å². The lowest BCUT2D eigenvalue weighted by molar-refractivity contribution is 0.578. The summed E-state index contributed by atoms with van der Waals surface area (Å²) in [5.74, 6) is 0.660. The normalized spacial score (nSPS) is 12.8. The van der Waals surface area contributed by atoms with Crippen molar-refractivity contribution in [2.45, 2.75) is 12.8 Å². The van der Waals surface area contributed by atoms with Gasteiger partial charge in [-0.15, -0.1) is 0 Å². The molecule has 2 N–H and O–H groups in total. The molecule has 8 nitrogen and oxygen atoms in total. The van der Waals surface area contributed by atoms with Crippen LogP contribution in [0.15, 0.2) is 6.33 Å². The summed E-state index contributed by atoms with van der Waals surface area (Å²) in [6.07, 6.45) is 3.30. The SMILES string of the molecule is CS(=O)(=O)CS(=O)(=O)NCCCc1ncn[nH]1. The van der Waals surface area contributed by atoms with Crippen molar-refractivity contribution in [2.24, 2.45) is 0 Å². The van der Waals surface area contributed by atoms with E-state index in [2.05, 4.69) is 19.9 Å². The molecule has 0 aromatic carbocycles. The first-order valence-electron chi connectivity index (χ1n) is 4.78. The predicted molar refractivity (Wildman–Crippen MR) is 61.3 cm³/mol. The van der Waals surface area contributed by atoms with Gasteiger partial charge in [-0.05, 0) is 6.42 Å². The second-order valence-corrected chi connectivity index (χ2v) is 7.90. The van der Waals surface area contributed by atoms with E-state index in [-0.39, 0.29) is 6.54 Å². The standard InChI is InChI=1S/C7H14N4O4S2/c1-16(12,13)6-17(14,15)10-4-2-3-7-8-5-9-11-7/h5,10H,2-4,6H2,1H3,(H,8,9,11). The Bertz CT molecular complexity index is 534. The van der Waals surface area contributed by atoms with Crippen molar-refractivity contribution < 1.29 is 16.8 Å². The summed E-state index contributed by atoms with van der Waals surface area (Å²) in [5.41, 5.74) is 0. The molecule has 10 heteroatoms. The fourth-order valence-electron chi connectivity index (χ4n) is 1.16. The maximum absolute atomic E-state index is 11.3. The molecule has 1 aromatic heterocycles. The van der Waals surface area contributed by atoms with E-state index in [9.17, 15) is 16.8 Å². The van der Waals surface area contributed by atoms with Gasteiger partial charge in [0.1, 0.15) is 12.2 Å². The van der Waals surface area contributed by atoms with Crippen molar-refractivity contribution in [3.63, 3.8) is 0 Å². The quantitative estimate of drug-likeness (QED) is 0.597. The number of nitrogens with one attached hydrogen (secondary N) is 2. The zero-order chi connectivity index (χ0) is 12.9. The number of aryl methyl sites for hydroxylation is 1. The molecule has 0 fully saturated rings. The van der Waals surface area contributed by atoms with E-state index in [0.29, 0.717) is 18.7 Å². The van der Waals surface area contributed by atoms with Crippen molar-refractivity contribution >= 4 is 19.9 Å². The van der Waals surface area contributed by atoms with Crippen molar-refractivity contribution in [2.75, 3.05) is 17.9 Å². The molecule has 0 atom stereocenters. The van der Waals surface area contributed by atoms with E-state index in [1.54, 1.807) is 0 Å². The zero-order valence-corrected chi connectivity index (χ0v) is 10.9. The molecule has 1 aromatic rings. The average Bonchev–Trinajstić information content (AvgIpc) is 2.60. The van der Waals surface area contributed by atoms with Crippen LogP contribution >= 0.6 is 0 Å². The second-order valence-electron chi connectivity index (χ2n) is 3.59. The van der Waals surface area contributed by atoms with Crippen molar-refractivity contribution in [3.05, 3.63) is 12.2 Å². The van der Waals surface area contributed by atoms with E-state index >= 15 is 0 Å². The molecule has 0 bridgehead atoms. The first-order chi connectivity index (χ1) is 7.79. The Labute approximate surface area is 99.8 Å². The van der Waals surface area contributed by atoms with Crippen LogP contribution < -0.4 is 4.72 Å². The number of H-pyrrole nitrogens is 1. The van der Waals surface area contributed by atoms with Crippen LogP contribution in [0.4, 0.5) is 0 Å². The Balaban J connectivity index is 2.31. The third kappa shape index (κ3) is 6.34. The van der Waals surface area contributed by atoms with Crippen LogP contribution in [0.25, 0.3) is 0 Å². The lowest BCUT2D eigenvalue weighted by Gasteiger charge is -2.04. The number of sulfonamides is 1. The molecule has 17 heavy (non-hydrogen) atoms. The summed E-state index contributed by atoms with van der Waals surface area (Å²) in [4.78, 5) is 3.87. The van der Waals surface area contributed by atoms with Gasteiger partial charge in [-0.1, -0.05) is 0 Å². The van der Waals surface area contributed by atoms with Crippen molar-refractivity contribution in [1.82, 2.24) is 19.9 Å². The highest BCUT2D eigenvalue weighted by Crippen LogP contribution is 1.95. The summed E-state index contributed by atoms with van der Waals surface area (Å²) < 4.78 is 46.4. The molecule has 1 rings (SSSR count). The minimum absolute atomic E-state index is 0.165. The number of hydrogen-bond acceptors (Lipinski definition) is 6. The van der Waals surface area contributed by atoms with Gasteiger partial charge in [0.05, 0.1) is 0 Å². The Morgan fingerprint density at radius 1 is 1.35 bits per heavy atom. The summed E-state index contributed by atoms with van der Waals surface area (Å²) in [6.45, 7) is 0.165. The molecule has 0 radical (unpaired) electrons. The molecular formula is C7H14N4O4S2. The lowest BCUT2D eigenvalue weighted by atomic mass is 10.3. The van der Waals surface area contributed by atoms with E-state index in [4.69, 9.17) is 0 Å². The Morgan fingerprint density at radius 3 is 2.59 bits per heavy atom. The van der Waals surface area contributed by atoms with Gasteiger partial charge in [0, 0.05) is 19.2 Å². The molecule has 98 valence electrons. The molecule has 1 heterocycles. The molecule has 0 unspecified atom stereocenters. The first-order valence-corrected chi connectivity index (χ1v) is 8.49. The minimum Gasteiger partial charge on any atom is -0.263 e. The molecular weight excluding hydrogens is 268 g/mol. The Morgan fingerprint density at radius 2 is 2.06 bits per heavy atom. The molecule has 0 saturated carbocycles. The van der Waals surface area contributed by atoms with Crippen molar-refractivity contribution in [3.8, 4) is 0 Å². The summed E-state index contributed by atoms with van der Waals surface area (Å²) >= 11 is 0. The van der Waals surface area contributed by atoms with Crippen LogP contribution in [0.5, 0.6) is 0 Å². The number of rotatable bonds is 7. The molecule has 0 aliphatic heterocycles. The van der Waals surface area contributed by atoms with E-state index in [1.165, 1.54) is 6.33 Å². The maximum atomic E-state index is 11.3. The summed E-state index contributed by atoms with van der Waals surface area (Å²) in [6, 6.07) is 0. The molecule has 0 saturated heterocycles. The molecule has 0 spiro atoms. The number of aromatic amines is 1. The van der Waals surface area contributed by atoms with Gasteiger partial charge in [-0.25, -0.2) is 26.5 Å². The van der Waals surface area contributed by atoms with Crippen LogP contribution in [0.1, 0.15) is 12.2 Å². The fourth-order valence-corrected chi connectivity index (χ4v) is 4.20. The minimum atomic E-state index is -3.76. The van der Waals surface area contributed by atoms with E-state index in [1.807, 2.05) is 0 Å². The van der Waals surface area contributed by atoms with Crippen LogP contribution in [-0.2, 0) is 26.3 Å². The molecule has 0 aliphatic carbocycles. The van der Waals surface area contributed by atoms with Crippen LogP contribution in [0.3, 0.4) is 0 Å². The lowest BCUT2D eigenvalue weighted by Crippen LogP contribution is -2.30.